The molecular weight excluding hydrogens is 300 g/mol. The predicted molar refractivity (Wildman–Crippen MR) is 95.5 cm³/mol. The first kappa shape index (κ1) is 16.1. The van der Waals surface area contributed by atoms with Gasteiger partial charge >= 0.3 is 5.97 Å². The highest BCUT2D eigenvalue weighted by Gasteiger charge is 2.15. The number of carbonyl (C=O) groups is 1. The molecule has 3 aromatic rings. The maximum atomic E-state index is 11.4. The average Bonchev–Trinajstić information content (AvgIpc) is 2.56. The third-order valence-electron chi connectivity index (χ3n) is 3.95. The van der Waals surface area contributed by atoms with Gasteiger partial charge in [-0.3, -0.25) is 4.79 Å². The van der Waals surface area contributed by atoms with Gasteiger partial charge in [-0.15, -0.1) is 0 Å². The highest BCUT2D eigenvalue weighted by atomic mass is 16.5. The van der Waals surface area contributed by atoms with Gasteiger partial charge in [0.05, 0.1) is 0 Å². The number of rotatable bonds is 4. The second kappa shape index (κ2) is 6.75. The Morgan fingerprint density at radius 3 is 2.42 bits per heavy atom. The summed E-state index contributed by atoms with van der Waals surface area (Å²) in [7, 11) is 0. The minimum absolute atomic E-state index is 0.320. The standard InChI is InChI=1S/C21H20O3/c1-14-8-7-11-18-20(14)19(12-15(2)21(18)24-16(3)22)23-13-17-9-5-4-6-10-17/h4-12H,13H2,1-3H3. The average molecular weight is 320 g/mol. The smallest absolute Gasteiger partial charge is 0.308 e. The van der Waals surface area contributed by atoms with Crippen molar-refractivity contribution in [2.24, 2.45) is 0 Å². The van der Waals surface area contributed by atoms with Gasteiger partial charge in [-0.25, -0.2) is 0 Å². The van der Waals surface area contributed by atoms with Gasteiger partial charge in [-0.1, -0.05) is 48.5 Å². The zero-order chi connectivity index (χ0) is 17.1. The molecule has 0 unspecified atom stereocenters. The van der Waals surface area contributed by atoms with Crippen molar-refractivity contribution in [2.75, 3.05) is 0 Å². The molecular formula is C21H20O3. The first-order valence-corrected chi connectivity index (χ1v) is 7.94. The molecule has 0 atom stereocenters. The number of hydrogen-bond acceptors (Lipinski definition) is 3. The number of carbonyl (C=O) groups excluding carboxylic acids is 1. The monoisotopic (exact) mass is 320 g/mol. The second-order valence-electron chi connectivity index (χ2n) is 5.89. The number of fused-ring (bicyclic) bond motifs is 1. The van der Waals surface area contributed by atoms with Crippen LogP contribution in [0, 0.1) is 13.8 Å². The molecule has 0 N–H and O–H groups in total. The summed E-state index contributed by atoms with van der Waals surface area (Å²) in [6, 6.07) is 18.0. The maximum Gasteiger partial charge on any atom is 0.308 e. The highest BCUT2D eigenvalue weighted by molar-refractivity contribution is 5.98. The minimum atomic E-state index is -0.320. The molecule has 0 aromatic heterocycles. The second-order valence-corrected chi connectivity index (χ2v) is 5.89. The van der Waals surface area contributed by atoms with E-state index in [1.54, 1.807) is 0 Å². The van der Waals surface area contributed by atoms with E-state index in [-0.39, 0.29) is 5.97 Å². The summed E-state index contributed by atoms with van der Waals surface area (Å²) in [5, 5.41) is 1.88. The van der Waals surface area contributed by atoms with Crippen LogP contribution < -0.4 is 9.47 Å². The van der Waals surface area contributed by atoms with Crippen molar-refractivity contribution >= 4 is 16.7 Å². The Morgan fingerprint density at radius 1 is 0.958 bits per heavy atom. The van der Waals surface area contributed by atoms with Gasteiger partial charge in [0.15, 0.2) is 0 Å². The largest absolute Gasteiger partial charge is 0.488 e. The number of aryl methyl sites for hydroxylation is 2. The first-order valence-electron chi connectivity index (χ1n) is 7.94. The molecule has 0 fully saturated rings. The van der Waals surface area contributed by atoms with Gasteiger partial charge in [0, 0.05) is 17.7 Å². The fourth-order valence-electron chi connectivity index (χ4n) is 2.86. The van der Waals surface area contributed by atoms with Crippen molar-refractivity contribution in [2.45, 2.75) is 27.4 Å². The number of hydrogen-bond donors (Lipinski definition) is 0. The van der Waals surface area contributed by atoms with Crippen LogP contribution in [0.5, 0.6) is 11.5 Å². The molecule has 0 amide bonds. The lowest BCUT2D eigenvalue weighted by molar-refractivity contribution is -0.131. The van der Waals surface area contributed by atoms with E-state index in [1.165, 1.54) is 6.92 Å². The van der Waals surface area contributed by atoms with Crippen molar-refractivity contribution in [3.63, 3.8) is 0 Å². The van der Waals surface area contributed by atoms with Crippen molar-refractivity contribution in [1.82, 2.24) is 0 Å². The predicted octanol–water partition coefficient (Wildman–Crippen LogP) is 4.96. The summed E-state index contributed by atoms with van der Waals surface area (Å²) >= 11 is 0. The van der Waals surface area contributed by atoms with Crippen LogP contribution >= 0.6 is 0 Å². The summed E-state index contributed by atoms with van der Waals surface area (Å²) in [4.78, 5) is 11.4. The fourth-order valence-corrected chi connectivity index (χ4v) is 2.86. The highest BCUT2D eigenvalue weighted by Crippen LogP contribution is 2.38. The molecule has 0 radical (unpaired) electrons. The topological polar surface area (TPSA) is 35.5 Å². The molecule has 122 valence electrons. The lowest BCUT2D eigenvalue weighted by Crippen LogP contribution is -2.05. The Bertz CT molecular complexity index is 882. The van der Waals surface area contributed by atoms with E-state index in [0.29, 0.717) is 12.4 Å². The molecule has 0 aliphatic rings. The van der Waals surface area contributed by atoms with E-state index < -0.39 is 0 Å². The van der Waals surface area contributed by atoms with Crippen LogP contribution in [0.3, 0.4) is 0 Å². The molecule has 3 aromatic carbocycles. The van der Waals surface area contributed by atoms with Gasteiger partial charge in [0.1, 0.15) is 18.1 Å². The molecule has 24 heavy (non-hydrogen) atoms. The lowest BCUT2D eigenvalue weighted by atomic mass is 10.0. The van der Waals surface area contributed by atoms with Gasteiger partial charge in [0.25, 0.3) is 0 Å². The molecule has 0 saturated heterocycles. The molecule has 3 rings (SSSR count). The van der Waals surface area contributed by atoms with Crippen LogP contribution in [0.4, 0.5) is 0 Å². The van der Waals surface area contributed by atoms with Crippen LogP contribution in [-0.4, -0.2) is 5.97 Å². The normalized spacial score (nSPS) is 10.6. The first-order chi connectivity index (χ1) is 11.6. The Balaban J connectivity index is 2.06. The van der Waals surface area contributed by atoms with Crippen molar-refractivity contribution in [1.29, 1.82) is 0 Å². The number of benzene rings is 3. The lowest BCUT2D eigenvalue weighted by Gasteiger charge is -2.16. The van der Waals surface area contributed by atoms with E-state index in [9.17, 15) is 4.79 Å². The van der Waals surface area contributed by atoms with Crippen LogP contribution in [-0.2, 0) is 11.4 Å². The SMILES string of the molecule is CC(=O)Oc1c(C)cc(OCc2ccccc2)c2c(C)cccc12. The summed E-state index contributed by atoms with van der Waals surface area (Å²) in [6.45, 7) is 5.87. The van der Waals surface area contributed by atoms with Gasteiger partial charge in [-0.05, 0) is 36.6 Å². The van der Waals surface area contributed by atoms with Crippen LogP contribution in [0.1, 0.15) is 23.6 Å². The summed E-state index contributed by atoms with van der Waals surface area (Å²) in [6.07, 6.45) is 0. The van der Waals surface area contributed by atoms with Gasteiger partial charge in [0.2, 0.25) is 0 Å². The summed E-state index contributed by atoms with van der Waals surface area (Å²) in [5.41, 5.74) is 3.08. The quantitative estimate of drug-likeness (QED) is 0.503. The van der Waals surface area contributed by atoms with Crippen LogP contribution in [0.2, 0.25) is 0 Å². The molecule has 3 nitrogen and oxygen atoms in total. The minimum Gasteiger partial charge on any atom is -0.488 e. The number of esters is 1. The van der Waals surface area contributed by atoms with Crippen molar-refractivity contribution in [3.05, 3.63) is 71.3 Å². The van der Waals surface area contributed by atoms with Crippen LogP contribution in [0.15, 0.2) is 54.6 Å². The van der Waals surface area contributed by atoms with Crippen LogP contribution in [0.25, 0.3) is 10.8 Å². The van der Waals surface area contributed by atoms with E-state index in [1.807, 2.05) is 68.4 Å². The molecule has 0 spiro atoms. The van der Waals surface area contributed by atoms with E-state index in [4.69, 9.17) is 9.47 Å². The number of ether oxygens (including phenoxy) is 2. The zero-order valence-electron chi connectivity index (χ0n) is 14.1. The Labute approximate surface area is 141 Å². The maximum absolute atomic E-state index is 11.4. The summed E-state index contributed by atoms with van der Waals surface area (Å²) < 4.78 is 11.5. The van der Waals surface area contributed by atoms with Gasteiger partial charge in [-0.2, -0.15) is 0 Å². The van der Waals surface area contributed by atoms with Crippen molar-refractivity contribution in [3.8, 4) is 11.5 Å². The zero-order valence-corrected chi connectivity index (χ0v) is 14.1. The molecule has 0 saturated carbocycles. The van der Waals surface area contributed by atoms with Gasteiger partial charge < -0.3 is 9.47 Å². The molecule has 0 aliphatic carbocycles. The van der Waals surface area contributed by atoms with E-state index in [2.05, 4.69) is 0 Å². The Kier molecular flexibility index (Phi) is 4.52. The van der Waals surface area contributed by atoms with E-state index >= 15 is 0 Å². The fraction of sp³-hybridized carbons (Fsp3) is 0.190. The summed E-state index contributed by atoms with van der Waals surface area (Å²) in [5.74, 6) is 1.09. The Morgan fingerprint density at radius 2 is 1.71 bits per heavy atom. The third-order valence-corrected chi connectivity index (χ3v) is 3.95. The molecule has 0 aliphatic heterocycles. The Hall–Kier alpha value is -2.81. The van der Waals surface area contributed by atoms with Crippen molar-refractivity contribution < 1.29 is 14.3 Å². The molecule has 0 heterocycles. The molecule has 0 bridgehead atoms. The van der Waals surface area contributed by atoms with E-state index in [0.717, 1.165) is 33.2 Å². The third kappa shape index (κ3) is 3.25. The molecule has 3 heteroatoms.